The Morgan fingerprint density at radius 2 is 1.71 bits per heavy atom. The molecule has 24 heavy (non-hydrogen) atoms. The molecule has 0 unspecified atom stereocenters. The van der Waals surface area contributed by atoms with Gasteiger partial charge in [0, 0.05) is 25.2 Å². The van der Waals surface area contributed by atoms with E-state index in [1.54, 1.807) is 18.2 Å². The molecular formula is C17H17FN4O2. The normalized spacial score (nSPS) is 15.0. The fraction of sp³-hybridized carbons (Fsp3) is 0.294. The Balaban J connectivity index is 1.87. The van der Waals surface area contributed by atoms with Crippen molar-refractivity contribution in [3.05, 3.63) is 58.4 Å². The highest BCUT2D eigenvalue weighted by molar-refractivity contribution is 5.68. The summed E-state index contributed by atoms with van der Waals surface area (Å²) < 4.78 is 13.1. The van der Waals surface area contributed by atoms with Crippen LogP contribution in [0.4, 0.5) is 27.1 Å². The SMILES string of the molecule is O=[N+]([O-])c1cc(N=Nc2cccc(F)c2)ccc1N1CCCCC1. The molecule has 0 bridgehead atoms. The molecule has 0 spiro atoms. The van der Waals surface area contributed by atoms with Crippen LogP contribution in [0.3, 0.4) is 0 Å². The Labute approximate surface area is 138 Å². The van der Waals surface area contributed by atoms with Crippen molar-refractivity contribution in [1.82, 2.24) is 0 Å². The fourth-order valence-corrected chi connectivity index (χ4v) is 2.78. The number of nitro groups is 1. The van der Waals surface area contributed by atoms with E-state index in [0.717, 1.165) is 32.4 Å². The summed E-state index contributed by atoms with van der Waals surface area (Å²) in [7, 11) is 0. The van der Waals surface area contributed by atoms with Crippen LogP contribution in [0, 0.1) is 15.9 Å². The molecule has 2 aromatic rings. The highest BCUT2D eigenvalue weighted by atomic mass is 19.1. The number of halogens is 1. The predicted octanol–water partition coefficient (Wildman–Crippen LogP) is 5.14. The number of azo groups is 1. The standard InChI is InChI=1S/C17H17FN4O2/c18-13-5-4-6-14(11-13)19-20-15-7-8-16(17(12-15)22(23)24)21-9-2-1-3-10-21/h4-8,11-12H,1-3,9-10H2. The van der Waals surface area contributed by atoms with Gasteiger partial charge in [-0.2, -0.15) is 10.2 Å². The largest absolute Gasteiger partial charge is 0.366 e. The second-order valence-corrected chi connectivity index (χ2v) is 5.66. The van der Waals surface area contributed by atoms with Crippen molar-refractivity contribution >= 4 is 22.7 Å². The third-order valence-corrected chi connectivity index (χ3v) is 3.94. The van der Waals surface area contributed by atoms with Crippen molar-refractivity contribution in [2.45, 2.75) is 19.3 Å². The average Bonchev–Trinajstić information content (AvgIpc) is 2.60. The summed E-state index contributed by atoms with van der Waals surface area (Å²) >= 11 is 0. The number of anilines is 1. The van der Waals surface area contributed by atoms with Gasteiger partial charge >= 0.3 is 0 Å². The van der Waals surface area contributed by atoms with Gasteiger partial charge in [0.2, 0.25) is 0 Å². The van der Waals surface area contributed by atoms with Gasteiger partial charge in [-0.05, 0) is 43.5 Å². The first-order valence-corrected chi connectivity index (χ1v) is 7.84. The Morgan fingerprint density at radius 3 is 2.38 bits per heavy atom. The summed E-state index contributed by atoms with van der Waals surface area (Å²) in [6.45, 7) is 1.65. The quantitative estimate of drug-likeness (QED) is 0.443. The second-order valence-electron chi connectivity index (χ2n) is 5.66. The molecule has 2 aromatic carbocycles. The van der Waals surface area contributed by atoms with E-state index in [-0.39, 0.29) is 5.69 Å². The van der Waals surface area contributed by atoms with Crippen molar-refractivity contribution in [1.29, 1.82) is 0 Å². The first-order valence-electron chi connectivity index (χ1n) is 7.84. The molecule has 124 valence electrons. The molecule has 0 radical (unpaired) electrons. The van der Waals surface area contributed by atoms with E-state index < -0.39 is 10.7 Å². The van der Waals surface area contributed by atoms with E-state index in [0.29, 0.717) is 17.1 Å². The van der Waals surface area contributed by atoms with Crippen LogP contribution in [-0.2, 0) is 0 Å². The lowest BCUT2D eigenvalue weighted by molar-refractivity contribution is -0.384. The zero-order valence-electron chi connectivity index (χ0n) is 13.1. The van der Waals surface area contributed by atoms with Crippen molar-refractivity contribution in [2.75, 3.05) is 18.0 Å². The molecule has 0 aromatic heterocycles. The van der Waals surface area contributed by atoms with Gasteiger partial charge in [0.05, 0.1) is 16.3 Å². The summed E-state index contributed by atoms with van der Waals surface area (Å²) in [5, 5.41) is 19.3. The molecule has 6 nitrogen and oxygen atoms in total. The number of hydrogen-bond donors (Lipinski definition) is 0. The minimum absolute atomic E-state index is 0.0209. The van der Waals surface area contributed by atoms with Crippen molar-refractivity contribution in [3.63, 3.8) is 0 Å². The van der Waals surface area contributed by atoms with Gasteiger partial charge < -0.3 is 4.90 Å². The Kier molecular flexibility index (Phi) is 4.79. The molecule has 0 atom stereocenters. The van der Waals surface area contributed by atoms with E-state index in [4.69, 9.17) is 0 Å². The number of rotatable bonds is 4. The average molecular weight is 328 g/mol. The molecule has 1 aliphatic rings. The third kappa shape index (κ3) is 3.73. The number of nitrogens with zero attached hydrogens (tertiary/aromatic N) is 4. The highest BCUT2D eigenvalue weighted by Gasteiger charge is 2.21. The van der Waals surface area contributed by atoms with Crippen LogP contribution >= 0.6 is 0 Å². The Bertz CT molecular complexity index is 773. The lowest BCUT2D eigenvalue weighted by Gasteiger charge is -2.28. The van der Waals surface area contributed by atoms with Gasteiger partial charge in [0.15, 0.2) is 0 Å². The molecule has 0 amide bonds. The number of nitro benzene ring substituents is 1. The molecular weight excluding hydrogens is 311 g/mol. The van der Waals surface area contributed by atoms with Crippen LogP contribution in [-0.4, -0.2) is 18.0 Å². The van der Waals surface area contributed by atoms with Gasteiger partial charge in [0.1, 0.15) is 11.5 Å². The van der Waals surface area contributed by atoms with Gasteiger partial charge in [-0.25, -0.2) is 4.39 Å². The van der Waals surface area contributed by atoms with Crippen LogP contribution in [0.5, 0.6) is 0 Å². The van der Waals surface area contributed by atoms with E-state index >= 15 is 0 Å². The Hall–Kier alpha value is -2.83. The molecule has 1 aliphatic heterocycles. The maximum absolute atomic E-state index is 13.1. The summed E-state index contributed by atoms with van der Waals surface area (Å²) in [6.07, 6.45) is 3.24. The summed E-state index contributed by atoms with van der Waals surface area (Å²) in [5.74, 6) is -0.405. The zero-order chi connectivity index (χ0) is 16.9. The van der Waals surface area contributed by atoms with Gasteiger partial charge in [0.25, 0.3) is 5.69 Å². The number of hydrogen-bond acceptors (Lipinski definition) is 5. The summed E-state index contributed by atoms with van der Waals surface area (Å²) in [6, 6.07) is 10.5. The predicted molar refractivity (Wildman–Crippen MR) is 89.7 cm³/mol. The molecule has 0 aliphatic carbocycles. The van der Waals surface area contributed by atoms with E-state index in [2.05, 4.69) is 10.2 Å². The van der Waals surface area contributed by atoms with Gasteiger partial charge in [-0.15, -0.1) is 0 Å². The van der Waals surface area contributed by atoms with Gasteiger partial charge in [-0.1, -0.05) is 6.07 Å². The lowest BCUT2D eigenvalue weighted by Crippen LogP contribution is -2.29. The molecule has 1 fully saturated rings. The monoisotopic (exact) mass is 328 g/mol. The topological polar surface area (TPSA) is 71.1 Å². The van der Waals surface area contributed by atoms with E-state index in [9.17, 15) is 14.5 Å². The Morgan fingerprint density at radius 1 is 1.00 bits per heavy atom. The maximum Gasteiger partial charge on any atom is 0.294 e. The minimum Gasteiger partial charge on any atom is -0.366 e. The van der Waals surface area contributed by atoms with Crippen LogP contribution in [0.25, 0.3) is 0 Å². The van der Waals surface area contributed by atoms with Crippen molar-refractivity contribution in [3.8, 4) is 0 Å². The lowest BCUT2D eigenvalue weighted by atomic mass is 10.1. The van der Waals surface area contributed by atoms with Crippen molar-refractivity contribution in [2.24, 2.45) is 10.2 Å². The molecule has 1 heterocycles. The molecule has 0 saturated carbocycles. The van der Waals surface area contributed by atoms with E-state index in [1.807, 2.05) is 4.90 Å². The first-order chi connectivity index (χ1) is 11.6. The molecule has 3 rings (SSSR count). The van der Waals surface area contributed by atoms with Gasteiger partial charge in [-0.3, -0.25) is 10.1 Å². The van der Waals surface area contributed by atoms with Crippen LogP contribution in [0.15, 0.2) is 52.7 Å². The number of benzene rings is 2. The summed E-state index contributed by atoms with van der Waals surface area (Å²) in [4.78, 5) is 13.0. The van der Waals surface area contributed by atoms with Crippen LogP contribution in [0.2, 0.25) is 0 Å². The zero-order valence-corrected chi connectivity index (χ0v) is 13.1. The molecule has 7 heteroatoms. The molecule has 1 saturated heterocycles. The van der Waals surface area contributed by atoms with Crippen LogP contribution < -0.4 is 4.90 Å². The third-order valence-electron chi connectivity index (χ3n) is 3.94. The van der Waals surface area contributed by atoms with Crippen molar-refractivity contribution < 1.29 is 9.31 Å². The number of piperidine rings is 1. The first kappa shape index (κ1) is 16.0. The second kappa shape index (κ2) is 7.16. The van der Waals surface area contributed by atoms with Crippen LogP contribution in [0.1, 0.15) is 19.3 Å². The minimum atomic E-state index is -0.405. The fourth-order valence-electron chi connectivity index (χ4n) is 2.78. The van der Waals surface area contributed by atoms with E-state index in [1.165, 1.54) is 24.3 Å². The summed E-state index contributed by atoms with van der Waals surface area (Å²) in [5.41, 5.74) is 1.36. The highest BCUT2D eigenvalue weighted by Crippen LogP contribution is 2.34. The smallest absolute Gasteiger partial charge is 0.294 e. The maximum atomic E-state index is 13.1. The molecule has 0 N–H and O–H groups in total.